The van der Waals surface area contributed by atoms with Crippen LogP contribution in [-0.2, 0) is 9.59 Å². The van der Waals surface area contributed by atoms with Gasteiger partial charge in [-0.15, -0.1) is 0 Å². The Morgan fingerprint density at radius 3 is 2.46 bits per heavy atom. The molecule has 0 aliphatic carbocycles. The first-order valence-corrected chi connectivity index (χ1v) is 12.0. The van der Waals surface area contributed by atoms with Crippen molar-refractivity contribution in [2.24, 2.45) is 11.0 Å². The highest BCUT2D eigenvalue weighted by Crippen LogP contribution is 2.36. The van der Waals surface area contributed by atoms with Gasteiger partial charge >= 0.3 is 5.97 Å². The van der Waals surface area contributed by atoms with Crippen LogP contribution in [0.4, 0.5) is 0 Å². The molecule has 0 bridgehead atoms. The van der Waals surface area contributed by atoms with Crippen molar-refractivity contribution in [2.45, 2.75) is 26.8 Å². The Balaban J connectivity index is 2.12. The molecule has 2 aromatic rings. The van der Waals surface area contributed by atoms with E-state index in [1.54, 1.807) is 32.9 Å². The molecule has 0 aliphatic rings. The number of carbonyl (C=O) groups is 3. The SMILES string of the molecule is CCOc1cc(C=NNC(=O)C(NC(=O)c2ccc(Cl)c(Cl)c2)C(C)C)cc(Br)c1OCC(=O)O. The topological polar surface area (TPSA) is 126 Å². The van der Waals surface area contributed by atoms with Crippen LogP contribution in [0.1, 0.15) is 36.7 Å². The molecule has 0 aliphatic heterocycles. The van der Waals surface area contributed by atoms with Crippen LogP contribution in [0.5, 0.6) is 11.5 Å². The van der Waals surface area contributed by atoms with E-state index in [1.807, 2.05) is 0 Å². The van der Waals surface area contributed by atoms with Crippen molar-refractivity contribution in [3.63, 3.8) is 0 Å². The molecule has 9 nitrogen and oxygen atoms in total. The second kappa shape index (κ2) is 13.3. The van der Waals surface area contributed by atoms with Crippen LogP contribution in [0.2, 0.25) is 10.0 Å². The number of carboxylic acid groups (broad SMARTS) is 1. The molecule has 2 rings (SSSR count). The van der Waals surface area contributed by atoms with Gasteiger partial charge in [-0.1, -0.05) is 37.0 Å². The summed E-state index contributed by atoms with van der Waals surface area (Å²) in [5.41, 5.74) is 3.23. The first kappa shape index (κ1) is 28.4. The number of nitrogens with one attached hydrogen (secondary N) is 2. The highest BCUT2D eigenvalue weighted by Gasteiger charge is 2.25. The number of halogens is 3. The number of benzene rings is 2. The number of rotatable bonds is 11. The summed E-state index contributed by atoms with van der Waals surface area (Å²) in [4.78, 5) is 36.1. The van der Waals surface area contributed by atoms with Crippen LogP contribution in [0, 0.1) is 5.92 Å². The summed E-state index contributed by atoms with van der Waals surface area (Å²) in [6.45, 7) is 5.12. The van der Waals surface area contributed by atoms with Crippen molar-refractivity contribution in [3.8, 4) is 11.5 Å². The van der Waals surface area contributed by atoms with E-state index < -0.39 is 30.4 Å². The largest absolute Gasteiger partial charge is 0.490 e. The van der Waals surface area contributed by atoms with E-state index in [4.69, 9.17) is 37.8 Å². The summed E-state index contributed by atoms with van der Waals surface area (Å²) in [6.07, 6.45) is 1.38. The number of hydrazone groups is 1. The lowest BCUT2D eigenvalue weighted by atomic mass is 10.0. The quantitative estimate of drug-likeness (QED) is 0.262. The number of carboxylic acids is 1. The predicted octanol–water partition coefficient (Wildman–Crippen LogP) is 4.52. The van der Waals surface area contributed by atoms with Gasteiger partial charge in [-0.2, -0.15) is 5.10 Å². The molecule has 1 unspecified atom stereocenters. The zero-order chi connectivity index (χ0) is 26.1. The van der Waals surface area contributed by atoms with Crippen molar-refractivity contribution in [1.82, 2.24) is 10.7 Å². The molecule has 0 saturated carbocycles. The van der Waals surface area contributed by atoms with Gasteiger partial charge in [0.15, 0.2) is 18.1 Å². The van der Waals surface area contributed by atoms with Gasteiger partial charge in [-0.05, 0) is 64.7 Å². The first-order chi connectivity index (χ1) is 16.5. The molecule has 0 fully saturated rings. The third-order valence-electron chi connectivity index (χ3n) is 4.48. The Morgan fingerprint density at radius 2 is 1.86 bits per heavy atom. The minimum absolute atomic E-state index is 0.228. The van der Waals surface area contributed by atoms with E-state index in [0.717, 1.165) is 0 Å². The van der Waals surface area contributed by atoms with Crippen molar-refractivity contribution < 1.29 is 29.0 Å². The maximum absolute atomic E-state index is 12.7. The minimum Gasteiger partial charge on any atom is -0.490 e. The van der Waals surface area contributed by atoms with Gasteiger partial charge in [0.05, 0.1) is 27.3 Å². The molecule has 188 valence electrons. The number of aliphatic carboxylic acids is 1. The third kappa shape index (κ3) is 8.41. The van der Waals surface area contributed by atoms with Gasteiger partial charge in [0.25, 0.3) is 11.8 Å². The Hall–Kier alpha value is -2.82. The molecule has 0 heterocycles. The molecule has 3 N–H and O–H groups in total. The van der Waals surface area contributed by atoms with Crippen molar-refractivity contribution >= 4 is 63.1 Å². The standard InChI is InChI=1S/C23H24BrCl2N3O6/c1-4-34-18-8-13(7-15(24)21(18)35-11-19(30)31)10-27-29-23(33)20(12(2)3)28-22(32)14-5-6-16(25)17(26)9-14/h5-10,12,20H,4,11H2,1-3H3,(H,28,32)(H,29,33)(H,30,31). The predicted molar refractivity (Wildman–Crippen MR) is 137 cm³/mol. The van der Waals surface area contributed by atoms with E-state index in [1.165, 1.54) is 24.4 Å². The van der Waals surface area contributed by atoms with Crippen LogP contribution < -0.4 is 20.2 Å². The molecular formula is C23H24BrCl2N3O6. The maximum Gasteiger partial charge on any atom is 0.341 e. The number of carbonyl (C=O) groups excluding carboxylic acids is 2. The highest BCUT2D eigenvalue weighted by molar-refractivity contribution is 9.10. The molecule has 0 aromatic heterocycles. The number of hydrogen-bond donors (Lipinski definition) is 3. The lowest BCUT2D eigenvalue weighted by molar-refractivity contribution is -0.139. The number of hydrogen-bond acceptors (Lipinski definition) is 6. The smallest absolute Gasteiger partial charge is 0.341 e. The van der Waals surface area contributed by atoms with Crippen LogP contribution in [0.25, 0.3) is 0 Å². The normalized spacial score (nSPS) is 11.9. The summed E-state index contributed by atoms with van der Waals surface area (Å²) in [5.74, 6) is -1.82. The molecule has 0 spiro atoms. The monoisotopic (exact) mass is 587 g/mol. The second-order valence-corrected chi connectivity index (χ2v) is 9.17. The van der Waals surface area contributed by atoms with Crippen molar-refractivity contribution in [2.75, 3.05) is 13.2 Å². The van der Waals surface area contributed by atoms with E-state index in [-0.39, 0.29) is 22.3 Å². The van der Waals surface area contributed by atoms with Crippen LogP contribution >= 0.6 is 39.1 Å². The number of nitrogens with zero attached hydrogens (tertiary/aromatic N) is 1. The number of amides is 2. The maximum atomic E-state index is 12.7. The van der Waals surface area contributed by atoms with Crippen molar-refractivity contribution in [3.05, 3.63) is 56.0 Å². The molecule has 2 amide bonds. The lowest BCUT2D eigenvalue weighted by Gasteiger charge is -2.20. The second-order valence-electron chi connectivity index (χ2n) is 7.50. The Bertz CT molecular complexity index is 1130. The van der Waals surface area contributed by atoms with Gasteiger partial charge in [0, 0.05) is 5.56 Å². The summed E-state index contributed by atoms with van der Waals surface area (Å²) in [7, 11) is 0. The summed E-state index contributed by atoms with van der Waals surface area (Å²) < 4.78 is 11.3. The van der Waals surface area contributed by atoms with Crippen LogP contribution in [0.3, 0.4) is 0 Å². The summed E-state index contributed by atoms with van der Waals surface area (Å²) >= 11 is 15.2. The minimum atomic E-state index is -1.13. The van der Waals surface area contributed by atoms with Crippen LogP contribution in [-0.4, -0.2) is 48.4 Å². The fraction of sp³-hybridized carbons (Fsp3) is 0.304. The van der Waals surface area contributed by atoms with Gasteiger partial charge in [-0.3, -0.25) is 9.59 Å². The lowest BCUT2D eigenvalue weighted by Crippen LogP contribution is -2.48. The highest BCUT2D eigenvalue weighted by atomic mass is 79.9. The first-order valence-electron chi connectivity index (χ1n) is 10.4. The van der Waals surface area contributed by atoms with Crippen molar-refractivity contribution in [1.29, 1.82) is 0 Å². The fourth-order valence-corrected chi connectivity index (χ4v) is 3.71. The Kier molecular flexibility index (Phi) is 10.8. The number of ether oxygens (including phenoxy) is 2. The molecule has 1 atom stereocenters. The van der Waals surface area contributed by atoms with Gasteiger partial charge in [-0.25, -0.2) is 10.2 Å². The average molecular weight is 589 g/mol. The zero-order valence-corrected chi connectivity index (χ0v) is 22.2. The van der Waals surface area contributed by atoms with E-state index in [9.17, 15) is 14.4 Å². The Morgan fingerprint density at radius 1 is 1.14 bits per heavy atom. The summed E-state index contributed by atoms with van der Waals surface area (Å²) in [6, 6.07) is 6.78. The zero-order valence-electron chi connectivity index (χ0n) is 19.1. The molecule has 12 heteroatoms. The van der Waals surface area contributed by atoms with Gasteiger partial charge in [0.1, 0.15) is 6.04 Å². The van der Waals surface area contributed by atoms with E-state index in [2.05, 4.69) is 31.8 Å². The average Bonchev–Trinajstić information content (AvgIpc) is 2.78. The molecular weight excluding hydrogens is 565 g/mol. The molecule has 0 saturated heterocycles. The van der Waals surface area contributed by atoms with E-state index in [0.29, 0.717) is 27.4 Å². The fourth-order valence-electron chi connectivity index (χ4n) is 2.84. The molecule has 35 heavy (non-hydrogen) atoms. The Labute approximate surface area is 220 Å². The molecule has 0 radical (unpaired) electrons. The van der Waals surface area contributed by atoms with Crippen LogP contribution in [0.15, 0.2) is 39.9 Å². The van der Waals surface area contributed by atoms with E-state index >= 15 is 0 Å². The van der Waals surface area contributed by atoms with Gasteiger partial charge < -0.3 is 19.9 Å². The third-order valence-corrected chi connectivity index (χ3v) is 5.81. The van der Waals surface area contributed by atoms with Gasteiger partial charge in [0.2, 0.25) is 0 Å². The summed E-state index contributed by atoms with van der Waals surface area (Å²) in [5, 5.41) is 16.0. The molecule has 2 aromatic carbocycles.